The molecule has 2 aromatic heterocycles. The standard InChI is InChI=1S/C26H31NO4S/c1-7-13-30-26(29)23-22(20-11-9-19(10-12-20)15(3)8-2)18(6)32-25(23)27-24(28)21-14-16(4)31-17(21)5/h9-12,14-15H,7-8,13H2,1-6H3,(H,27,28)/t15-/m1/s1. The molecule has 1 amide bonds. The highest BCUT2D eigenvalue weighted by Gasteiger charge is 2.26. The Morgan fingerprint density at radius 1 is 1.12 bits per heavy atom. The van der Waals surface area contributed by atoms with Crippen LogP contribution in [0.1, 0.15) is 82.2 Å². The van der Waals surface area contributed by atoms with Gasteiger partial charge in [0.25, 0.3) is 5.91 Å². The van der Waals surface area contributed by atoms with Gasteiger partial charge in [0, 0.05) is 10.4 Å². The molecule has 0 aliphatic carbocycles. The van der Waals surface area contributed by atoms with Crippen LogP contribution in [0.4, 0.5) is 5.00 Å². The quantitative estimate of drug-likeness (QED) is 0.364. The zero-order valence-corrected chi connectivity index (χ0v) is 20.4. The molecule has 5 nitrogen and oxygen atoms in total. The van der Waals surface area contributed by atoms with E-state index in [1.54, 1.807) is 19.9 Å². The van der Waals surface area contributed by atoms with E-state index in [-0.39, 0.29) is 5.91 Å². The van der Waals surface area contributed by atoms with Crippen LogP contribution in [-0.4, -0.2) is 18.5 Å². The van der Waals surface area contributed by atoms with Gasteiger partial charge in [0.05, 0.1) is 12.2 Å². The van der Waals surface area contributed by atoms with Crippen LogP contribution in [0.5, 0.6) is 0 Å². The third-order valence-corrected chi connectivity index (χ3v) is 6.64. The van der Waals surface area contributed by atoms with Crippen LogP contribution in [0.25, 0.3) is 11.1 Å². The summed E-state index contributed by atoms with van der Waals surface area (Å²) in [5.74, 6) is 0.957. The van der Waals surface area contributed by atoms with E-state index < -0.39 is 5.97 Å². The summed E-state index contributed by atoms with van der Waals surface area (Å²) in [7, 11) is 0. The first-order chi connectivity index (χ1) is 15.3. The van der Waals surface area contributed by atoms with Crippen LogP contribution < -0.4 is 5.32 Å². The molecule has 2 heterocycles. The van der Waals surface area contributed by atoms with Gasteiger partial charge in [0.15, 0.2) is 0 Å². The Morgan fingerprint density at radius 2 is 1.81 bits per heavy atom. The van der Waals surface area contributed by atoms with Crippen molar-refractivity contribution in [2.75, 3.05) is 11.9 Å². The number of carbonyl (C=O) groups excluding carboxylic acids is 2. The van der Waals surface area contributed by atoms with Crippen molar-refractivity contribution in [3.05, 3.63) is 63.4 Å². The average molecular weight is 454 g/mol. The summed E-state index contributed by atoms with van der Waals surface area (Å²) in [6, 6.07) is 10.0. The van der Waals surface area contributed by atoms with Crippen molar-refractivity contribution >= 4 is 28.2 Å². The van der Waals surface area contributed by atoms with Crippen LogP contribution in [0.3, 0.4) is 0 Å². The molecule has 6 heteroatoms. The summed E-state index contributed by atoms with van der Waals surface area (Å²) in [5.41, 5.74) is 3.87. The topological polar surface area (TPSA) is 68.5 Å². The number of carbonyl (C=O) groups is 2. The molecule has 1 N–H and O–H groups in total. The van der Waals surface area contributed by atoms with Gasteiger partial charge in [-0.1, -0.05) is 45.0 Å². The molecule has 1 aromatic carbocycles. The second-order valence-corrected chi connectivity index (χ2v) is 9.31. The first-order valence-corrected chi connectivity index (χ1v) is 11.9. The summed E-state index contributed by atoms with van der Waals surface area (Å²) in [5, 5.41) is 3.42. The maximum atomic E-state index is 13.1. The summed E-state index contributed by atoms with van der Waals surface area (Å²) in [6.07, 6.45) is 1.79. The number of thiophene rings is 1. The number of rotatable bonds is 8. The molecule has 3 rings (SSSR count). The molecule has 32 heavy (non-hydrogen) atoms. The number of anilines is 1. The lowest BCUT2D eigenvalue weighted by molar-refractivity contribution is 0.0507. The third-order valence-electron chi connectivity index (χ3n) is 5.62. The maximum absolute atomic E-state index is 13.1. The molecule has 0 saturated carbocycles. The average Bonchev–Trinajstić information content (AvgIpc) is 3.29. The van der Waals surface area contributed by atoms with Gasteiger partial charge in [-0.05, 0) is 56.7 Å². The lowest BCUT2D eigenvalue weighted by Gasteiger charge is -2.12. The Labute approximate surface area is 193 Å². The van der Waals surface area contributed by atoms with Crippen molar-refractivity contribution in [3.63, 3.8) is 0 Å². The van der Waals surface area contributed by atoms with E-state index in [4.69, 9.17) is 9.15 Å². The van der Waals surface area contributed by atoms with E-state index in [1.165, 1.54) is 16.9 Å². The number of aryl methyl sites for hydroxylation is 3. The molecule has 0 saturated heterocycles. The molecule has 0 aliphatic rings. The fourth-order valence-electron chi connectivity index (χ4n) is 3.68. The zero-order valence-electron chi connectivity index (χ0n) is 19.6. The number of hydrogen-bond acceptors (Lipinski definition) is 5. The molecular weight excluding hydrogens is 422 g/mol. The normalized spacial score (nSPS) is 11.9. The van der Waals surface area contributed by atoms with Gasteiger partial charge in [-0.2, -0.15) is 0 Å². The fourth-order valence-corrected chi connectivity index (χ4v) is 4.74. The van der Waals surface area contributed by atoms with Crippen LogP contribution in [0.15, 0.2) is 34.7 Å². The van der Waals surface area contributed by atoms with E-state index in [0.29, 0.717) is 40.2 Å². The van der Waals surface area contributed by atoms with Crippen LogP contribution in [0, 0.1) is 20.8 Å². The number of amides is 1. The number of furan rings is 1. The molecule has 0 fully saturated rings. The van der Waals surface area contributed by atoms with Crippen LogP contribution in [-0.2, 0) is 4.74 Å². The minimum absolute atomic E-state index is 0.302. The van der Waals surface area contributed by atoms with Gasteiger partial charge >= 0.3 is 5.97 Å². The summed E-state index contributed by atoms with van der Waals surface area (Å²) in [4.78, 5) is 26.9. The monoisotopic (exact) mass is 453 g/mol. The van der Waals surface area contributed by atoms with Crippen LogP contribution >= 0.6 is 11.3 Å². The van der Waals surface area contributed by atoms with Gasteiger partial charge in [-0.3, -0.25) is 4.79 Å². The van der Waals surface area contributed by atoms with Gasteiger partial charge in [-0.15, -0.1) is 11.3 Å². The van der Waals surface area contributed by atoms with Crippen molar-refractivity contribution in [1.82, 2.24) is 0 Å². The molecule has 0 spiro atoms. The Balaban J connectivity index is 2.03. The molecule has 0 unspecified atom stereocenters. The van der Waals surface area contributed by atoms with E-state index in [2.05, 4.69) is 31.3 Å². The second-order valence-electron chi connectivity index (χ2n) is 8.09. The van der Waals surface area contributed by atoms with Crippen molar-refractivity contribution in [2.45, 2.75) is 60.3 Å². The lowest BCUT2D eigenvalue weighted by Crippen LogP contribution is -2.15. The maximum Gasteiger partial charge on any atom is 0.341 e. The molecule has 3 aromatic rings. The van der Waals surface area contributed by atoms with Crippen molar-refractivity contribution in [1.29, 1.82) is 0 Å². The highest BCUT2D eigenvalue weighted by molar-refractivity contribution is 7.17. The molecule has 0 aliphatic heterocycles. The minimum Gasteiger partial charge on any atom is -0.466 e. The molecule has 170 valence electrons. The number of benzene rings is 1. The second kappa shape index (κ2) is 10.2. The molecule has 1 atom stereocenters. The van der Waals surface area contributed by atoms with E-state index in [0.717, 1.165) is 28.8 Å². The summed E-state index contributed by atoms with van der Waals surface area (Å²) >= 11 is 1.38. The first kappa shape index (κ1) is 23.8. The van der Waals surface area contributed by atoms with Crippen molar-refractivity contribution < 1.29 is 18.7 Å². The van der Waals surface area contributed by atoms with E-state index >= 15 is 0 Å². The minimum atomic E-state index is -0.424. The van der Waals surface area contributed by atoms with Crippen molar-refractivity contribution in [2.24, 2.45) is 0 Å². The van der Waals surface area contributed by atoms with Gasteiger partial charge in [-0.25, -0.2) is 4.79 Å². The summed E-state index contributed by atoms with van der Waals surface area (Å²) < 4.78 is 11.0. The SMILES string of the molecule is CCCOC(=O)c1c(NC(=O)c2cc(C)oc2C)sc(C)c1-c1ccc([C@H](C)CC)cc1. The number of ether oxygens (including phenoxy) is 1. The smallest absolute Gasteiger partial charge is 0.341 e. The first-order valence-electron chi connectivity index (χ1n) is 11.1. The van der Waals surface area contributed by atoms with Gasteiger partial charge in [0.1, 0.15) is 22.1 Å². The van der Waals surface area contributed by atoms with Gasteiger partial charge in [0.2, 0.25) is 0 Å². The largest absolute Gasteiger partial charge is 0.466 e. The van der Waals surface area contributed by atoms with Crippen LogP contribution in [0.2, 0.25) is 0 Å². The van der Waals surface area contributed by atoms with E-state index in [9.17, 15) is 9.59 Å². The Bertz CT molecular complexity index is 1110. The van der Waals surface area contributed by atoms with Gasteiger partial charge < -0.3 is 14.5 Å². The third kappa shape index (κ3) is 4.96. The Hall–Kier alpha value is -2.86. The highest BCUT2D eigenvalue weighted by atomic mass is 32.1. The molecular formula is C26H31NO4S. The van der Waals surface area contributed by atoms with E-state index in [1.807, 2.05) is 26.0 Å². The number of esters is 1. The molecule has 0 bridgehead atoms. The Kier molecular flexibility index (Phi) is 7.56. The number of hydrogen-bond donors (Lipinski definition) is 1. The predicted octanol–water partition coefficient (Wildman–Crippen LogP) is 7.27. The predicted molar refractivity (Wildman–Crippen MR) is 130 cm³/mol. The number of nitrogens with one attached hydrogen (secondary N) is 1. The molecule has 0 radical (unpaired) electrons. The fraction of sp³-hybridized carbons (Fsp3) is 0.385. The lowest BCUT2D eigenvalue weighted by atomic mass is 9.94. The zero-order chi connectivity index (χ0) is 23.4. The Morgan fingerprint density at radius 3 is 2.38 bits per heavy atom. The van der Waals surface area contributed by atoms with Crippen molar-refractivity contribution in [3.8, 4) is 11.1 Å². The highest BCUT2D eigenvalue weighted by Crippen LogP contribution is 2.41. The summed E-state index contributed by atoms with van der Waals surface area (Å²) in [6.45, 7) is 12.2.